The molecule has 0 aromatic carbocycles. The van der Waals surface area contributed by atoms with Gasteiger partial charge in [-0.05, 0) is 51.9 Å². The zero-order valence-corrected chi connectivity index (χ0v) is 16.0. The summed E-state index contributed by atoms with van der Waals surface area (Å²) in [5.41, 5.74) is -0.526. The summed E-state index contributed by atoms with van der Waals surface area (Å²) in [5, 5.41) is 9.92. The van der Waals surface area contributed by atoms with Crippen LogP contribution in [0.15, 0.2) is 12.2 Å². The fourth-order valence-corrected chi connectivity index (χ4v) is 2.63. The van der Waals surface area contributed by atoms with Gasteiger partial charge in [-0.1, -0.05) is 20.8 Å². The molecule has 0 spiro atoms. The van der Waals surface area contributed by atoms with Gasteiger partial charge in [0.05, 0.1) is 12.2 Å². The summed E-state index contributed by atoms with van der Waals surface area (Å²) in [7, 11) is -2.01. The summed E-state index contributed by atoms with van der Waals surface area (Å²) in [5.74, 6) is -0.424. The molecule has 0 aromatic heterocycles. The highest BCUT2D eigenvalue weighted by Gasteiger charge is 2.39. The van der Waals surface area contributed by atoms with E-state index in [0.717, 1.165) is 0 Å². The number of carbonyl (C=O) groups is 1. The summed E-state index contributed by atoms with van der Waals surface area (Å²) >= 11 is 0. The molecule has 0 aliphatic rings. The van der Waals surface area contributed by atoms with Crippen molar-refractivity contribution in [2.45, 2.75) is 84.4 Å². The Labute approximate surface area is 130 Å². The molecule has 21 heavy (non-hydrogen) atoms. The standard InChI is InChI=1S/C16H32O4Si/c1-12(17)13(20-21(8,9)16(5,6)7)10-11-14(18)19-15(2,3)4/h10-13,17H,1-9H3/b11-10+/t12-,13-/m0/s1. The van der Waals surface area contributed by atoms with Crippen LogP contribution in [0.1, 0.15) is 48.5 Å². The van der Waals surface area contributed by atoms with Crippen molar-refractivity contribution in [3.8, 4) is 0 Å². The normalized spacial score (nSPS) is 16.9. The zero-order valence-electron chi connectivity index (χ0n) is 15.0. The highest BCUT2D eigenvalue weighted by atomic mass is 28.4. The third-order valence-corrected chi connectivity index (χ3v) is 8.01. The van der Waals surface area contributed by atoms with Crippen LogP contribution in [-0.2, 0) is 14.0 Å². The molecular weight excluding hydrogens is 284 g/mol. The second-order valence-corrected chi connectivity index (χ2v) is 12.7. The van der Waals surface area contributed by atoms with E-state index >= 15 is 0 Å². The molecule has 124 valence electrons. The van der Waals surface area contributed by atoms with Crippen LogP contribution in [0, 0.1) is 0 Å². The van der Waals surface area contributed by atoms with Gasteiger partial charge in [0.25, 0.3) is 0 Å². The number of rotatable bonds is 5. The van der Waals surface area contributed by atoms with Crippen molar-refractivity contribution in [3.05, 3.63) is 12.2 Å². The monoisotopic (exact) mass is 316 g/mol. The molecule has 0 saturated carbocycles. The number of ether oxygens (including phenoxy) is 1. The first-order valence-electron chi connectivity index (χ1n) is 7.43. The van der Waals surface area contributed by atoms with Gasteiger partial charge in [0, 0.05) is 6.08 Å². The number of hydrogen-bond donors (Lipinski definition) is 1. The van der Waals surface area contributed by atoms with Crippen LogP contribution in [0.3, 0.4) is 0 Å². The highest BCUT2D eigenvalue weighted by molar-refractivity contribution is 6.74. The van der Waals surface area contributed by atoms with E-state index in [-0.39, 0.29) is 5.04 Å². The topological polar surface area (TPSA) is 55.8 Å². The predicted octanol–water partition coefficient (Wildman–Crippen LogP) is 3.66. The molecule has 0 aromatic rings. The van der Waals surface area contributed by atoms with E-state index in [1.165, 1.54) is 6.08 Å². The summed E-state index contributed by atoms with van der Waals surface area (Å²) < 4.78 is 11.4. The van der Waals surface area contributed by atoms with Gasteiger partial charge >= 0.3 is 5.97 Å². The van der Waals surface area contributed by atoms with Crippen LogP contribution in [-0.4, -0.2) is 37.2 Å². The largest absolute Gasteiger partial charge is 0.457 e. The fourth-order valence-electron chi connectivity index (χ4n) is 1.32. The minimum absolute atomic E-state index is 0.0416. The Bertz CT molecular complexity index is 373. The van der Waals surface area contributed by atoms with E-state index in [1.807, 2.05) is 20.8 Å². The number of carbonyl (C=O) groups excluding carboxylic acids is 1. The molecule has 0 aliphatic heterocycles. The van der Waals surface area contributed by atoms with E-state index in [9.17, 15) is 9.90 Å². The lowest BCUT2D eigenvalue weighted by atomic mass is 10.2. The first kappa shape index (κ1) is 20.3. The first-order valence-corrected chi connectivity index (χ1v) is 10.3. The van der Waals surface area contributed by atoms with Gasteiger partial charge in [0.1, 0.15) is 5.60 Å². The molecule has 1 N–H and O–H groups in total. The molecule has 0 rings (SSSR count). The SMILES string of the molecule is C[C@H](O)[C@H](/C=C/C(=O)OC(C)(C)C)O[Si](C)(C)C(C)(C)C. The number of hydrogen-bond acceptors (Lipinski definition) is 4. The lowest BCUT2D eigenvalue weighted by Gasteiger charge is -2.39. The maximum Gasteiger partial charge on any atom is 0.331 e. The second kappa shape index (κ2) is 7.07. The summed E-state index contributed by atoms with van der Waals surface area (Å²) in [6.07, 6.45) is 1.76. The molecule has 0 radical (unpaired) electrons. The number of esters is 1. The van der Waals surface area contributed by atoms with Crippen LogP contribution in [0.5, 0.6) is 0 Å². The number of aliphatic hydroxyl groups excluding tert-OH is 1. The molecule has 0 fully saturated rings. The third-order valence-electron chi connectivity index (χ3n) is 3.54. The van der Waals surface area contributed by atoms with Gasteiger partial charge in [0.15, 0.2) is 8.32 Å². The van der Waals surface area contributed by atoms with Crippen molar-refractivity contribution < 1.29 is 19.1 Å². The van der Waals surface area contributed by atoms with Gasteiger partial charge in [-0.25, -0.2) is 4.79 Å². The van der Waals surface area contributed by atoms with Gasteiger partial charge in [-0.2, -0.15) is 0 Å². The summed E-state index contributed by atoms with van der Waals surface area (Å²) in [6.45, 7) is 17.7. The van der Waals surface area contributed by atoms with Gasteiger partial charge in [0.2, 0.25) is 0 Å². The molecule has 0 heterocycles. The van der Waals surface area contributed by atoms with E-state index in [1.54, 1.807) is 13.0 Å². The molecule has 2 atom stereocenters. The van der Waals surface area contributed by atoms with E-state index in [0.29, 0.717) is 0 Å². The lowest BCUT2D eigenvalue weighted by molar-refractivity contribution is -0.148. The van der Waals surface area contributed by atoms with Crippen molar-refractivity contribution in [2.75, 3.05) is 0 Å². The van der Waals surface area contributed by atoms with E-state index in [4.69, 9.17) is 9.16 Å². The predicted molar refractivity (Wildman–Crippen MR) is 88.7 cm³/mol. The van der Waals surface area contributed by atoms with Crippen molar-refractivity contribution in [3.63, 3.8) is 0 Å². The summed E-state index contributed by atoms with van der Waals surface area (Å²) in [6, 6.07) is 0. The van der Waals surface area contributed by atoms with Crippen molar-refractivity contribution in [1.29, 1.82) is 0 Å². The highest BCUT2D eigenvalue weighted by Crippen LogP contribution is 2.37. The van der Waals surface area contributed by atoms with Crippen LogP contribution >= 0.6 is 0 Å². The van der Waals surface area contributed by atoms with E-state index in [2.05, 4.69) is 33.9 Å². The Kier molecular flexibility index (Phi) is 6.85. The first-order chi connectivity index (χ1) is 9.16. The molecular formula is C16H32O4Si. The minimum Gasteiger partial charge on any atom is -0.457 e. The zero-order chi connectivity index (χ0) is 17.1. The Morgan fingerprint density at radius 1 is 1.14 bits per heavy atom. The van der Waals surface area contributed by atoms with Gasteiger partial charge in [-0.3, -0.25) is 0 Å². The van der Waals surface area contributed by atoms with E-state index < -0.39 is 32.1 Å². The van der Waals surface area contributed by atoms with Crippen molar-refractivity contribution in [1.82, 2.24) is 0 Å². The second-order valence-electron chi connectivity index (χ2n) is 7.98. The Balaban J connectivity index is 4.91. The van der Waals surface area contributed by atoms with Crippen LogP contribution in [0.4, 0.5) is 0 Å². The molecule has 0 bridgehead atoms. The Hall–Kier alpha value is -0.653. The van der Waals surface area contributed by atoms with Gasteiger partial charge in [-0.15, -0.1) is 0 Å². The average molecular weight is 317 g/mol. The van der Waals surface area contributed by atoms with Crippen molar-refractivity contribution >= 4 is 14.3 Å². The third kappa shape index (κ3) is 7.78. The molecule has 5 heteroatoms. The smallest absolute Gasteiger partial charge is 0.331 e. The molecule has 0 saturated heterocycles. The van der Waals surface area contributed by atoms with Crippen LogP contribution < -0.4 is 0 Å². The van der Waals surface area contributed by atoms with Gasteiger partial charge < -0.3 is 14.3 Å². The quantitative estimate of drug-likeness (QED) is 0.478. The fraction of sp³-hybridized carbons (Fsp3) is 0.812. The molecule has 0 unspecified atom stereocenters. The molecule has 0 aliphatic carbocycles. The summed E-state index contributed by atoms with van der Waals surface area (Å²) in [4.78, 5) is 11.7. The average Bonchev–Trinajstić information content (AvgIpc) is 2.19. The van der Waals surface area contributed by atoms with Crippen LogP contribution in [0.2, 0.25) is 18.1 Å². The molecule has 4 nitrogen and oxygen atoms in total. The molecule has 0 amide bonds. The van der Waals surface area contributed by atoms with Crippen LogP contribution in [0.25, 0.3) is 0 Å². The Morgan fingerprint density at radius 3 is 1.95 bits per heavy atom. The Morgan fingerprint density at radius 2 is 1.62 bits per heavy atom. The minimum atomic E-state index is -2.01. The maximum atomic E-state index is 11.7. The number of aliphatic hydroxyl groups is 1. The maximum absolute atomic E-state index is 11.7. The lowest BCUT2D eigenvalue weighted by Crippen LogP contribution is -2.46. The van der Waals surface area contributed by atoms with Crippen molar-refractivity contribution in [2.24, 2.45) is 0 Å².